The van der Waals surface area contributed by atoms with Gasteiger partial charge in [-0.05, 0) is 25.7 Å². The van der Waals surface area contributed by atoms with Crippen LogP contribution in [0.1, 0.15) is 50.2 Å². The molecular formula is C13H21N3O. The predicted octanol–water partition coefficient (Wildman–Crippen LogP) is 2.26. The third-order valence-corrected chi connectivity index (χ3v) is 4.18. The molecule has 1 saturated heterocycles. The summed E-state index contributed by atoms with van der Waals surface area (Å²) in [6.45, 7) is 2.09. The van der Waals surface area contributed by atoms with Crippen molar-refractivity contribution in [2.75, 3.05) is 18.0 Å². The average molecular weight is 235 g/mol. The molecule has 2 heterocycles. The first-order valence-corrected chi connectivity index (χ1v) is 6.79. The van der Waals surface area contributed by atoms with E-state index in [2.05, 4.69) is 10.1 Å². The summed E-state index contributed by atoms with van der Waals surface area (Å²) in [5.74, 6) is 1.72. The molecule has 1 aromatic rings. The molecule has 0 unspecified atom stereocenters. The summed E-state index contributed by atoms with van der Waals surface area (Å²) in [7, 11) is 0. The van der Waals surface area contributed by atoms with Gasteiger partial charge in [0.15, 0.2) is 5.76 Å². The van der Waals surface area contributed by atoms with E-state index in [4.69, 9.17) is 10.3 Å². The van der Waals surface area contributed by atoms with E-state index in [0.717, 1.165) is 31.7 Å². The van der Waals surface area contributed by atoms with Gasteiger partial charge in [0, 0.05) is 25.0 Å². The maximum Gasteiger partial charge on any atom is 0.163 e. The number of rotatable bonds is 2. The van der Waals surface area contributed by atoms with E-state index >= 15 is 0 Å². The fourth-order valence-electron chi connectivity index (χ4n) is 3.09. The number of aromatic nitrogens is 1. The maximum atomic E-state index is 5.94. The van der Waals surface area contributed by atoms with Crippen LogP contribution in [-0.4, -0.2) is 24.3 Å². The quantitative estimate of drug-likeness (QED) is 0.854. The molecule has 0 radical (unpaired) electrons. The molecule has 2 fully saturated rings. The molecule has 3 rings (SSSR count). The highest BCUT2D eigenvalue weighted by Gasteiger charge is 2.27. The van der Waals surface area contributed by atoms with Gasteiger partial charge in [-0.25, -0.2) is 0 Å². The lowest BCUT2D eigenvalue weighted by Crippen LogP contribution is -2.39. The highest BCUT2D eigenvalue weighted by atomic mass is 16.5. The summed E-state index contributed by atoms with van der Waals surface area (Å²) in [6, 6.07) is 0.376. The number of nitrogens with zero attached hydrogens (tertiary/aromatic N) is 2. The minimum atomic E-state index is 0.376. The molecule has 17 heavy (non-hydrogen) atoms. The molecule has 0 aromatic carbocycles. The Bertz CT molecular complexity index is 362. The lowest BCUT2D eigenvalue weighted by Gasteiger charge is -2.31. The highest BCUT2D eigenvalue weighted by molar-refractivity contribution is 5.49. The standard InChI is InChI=1S/C13H21N3O/c14-11-5-7-16(8-6-11)12-9-15-17-13(12)10-3-1-2-4-10/h9-11H,1-8,14H2. The molecule has 1 aliphatic carbocycles. The fourth-order valence-corrected chi connectivity index (χ4v) is 3.09. The van der Waals surface area contributed by atoms with E-state index in [1.165, 1.54) is 31.4 Å². The van der Waals surface area contributed by atoms with Gasteiger partial charge >= 0.3 is 0 Å². The molecule has 1 saturated carbocycles. The van der Waals surface area contributed by atoms with Crippen molar-refractivity contribution < 1.29 is 4.52 Å². The van der Waals surface area contributed by atoms with Crippen molar-refractivity contribution in [3.05, 3.63) is 12.0 Å². The molecular weight excluding hydrogens is 214 g/mol. The smallest absolute Gasteiger partial charge is 0.163 e. The molecule has 0 amide bonds. The minimum Gasteiger partial charge on any atom is -0.367 e. The van der Waals surface area contributed by atoms with Crippen LogP contribution in [0.25, 0.3) is 0 Å². The molecule has 0 spiro atoms. The Morgan fingerprint density at radius 2 is 1.88 bits per heavy atom. The van der Waals surface area contributed by atoms with Crippen LogP contribution in [0.2, 0.25) is 0 Å². The van der Waals surface area contributed by atoms with Crippen molar-refractivity contribution in [2.24, 2.45) is 5.73 Å². The number of nitrogens with two attached hydrogens (primary N) is 1. The van der Waals surface area contributed by atoms with Crippen molar-refractivity contribution in [1.82, 2.24) is 5.16 Å². The van der Waals surface area contributed by atoms with Crippen LogP contribution in [0.3, 0.4) is 0 Å². The molecule has 1 aliphatic heterocycles. The third-order valence-electron chi connectivity index (χ3n) is 4.18. The Balaban J connectivity index is 1.76. The van der Waals surface area contributed by atoms with Gasteiger partial charge in [-0.2, -0.15) is 0 Å². The van der Waals surface area contributed by atoms with Gasteiger partial charge < -0.3 is 15.2 Å². The van der Waals surface area contributed by atoms with Gasteiger partial charge in [-0.15, -0.1) is 0 Å². The first-order valence-electron chi connectivity index (χ1n) is 6.79. The number of hydrogen-bond acceptors (Lipinski definition) is 4. The second-order valence-electron chi connectivity index (χ2n) is 5.38. The minimum absolute atomic E-state index is 0.376. The Labute approximate surface area is 102 Å². The van der Waals surface area contributed by atoms with Gasteiger partial charge in [0.05, 0.1) is 6.20 Å². The lowest BCUT2D eigenvalue weighted by atomic mass is 10.0. The van der Waals surface area contributed by atoms with Crippen LogP contribution in [0.4, 0.5) is 5.69 Å². The Kier molecular flexibility index (Phi) is 3.05. The molecule has 0 atom stereocenters. The van der Waals surface area contributed by atoms with Crippen molar-refractivity contribution >= 4 is 5.69 Å². The lowest BCUT2D eigenvalue weighted by molar-refractivity contribution is 0.360. The van der Waals surface area contributed by atoms with Crippen LogP contribution in [0.15, 0.2) is 10.7 Å². The summed E-state index contributed by atoms with van der Waals surface area (Å²) in [4.78, 5) is 2.40. The normalized spacial score (nSPS) is 23.5. The number of hydrogen-bond donors (Lipinski definition) is 1. The van der Waals surface area contributed by atoms with Crippen molar-refractivity contribution in [1.29, 1.82) is 0 Å². The Morgan fingerprint density at radius 1 is 1.18 bits per heavy atom. The van der Waals surface area contributed by atoms with Gasteiger partial charge in [-0.3, -0.25) is 0 Å². The predicted molar refractivity (Wildman–Crippen MR) is 67.1 cm³/mol. The zero-order chi connectivity index (χ0) is 11.7. The van der Waals surface area contributed by atoms with Crippen molar-refractivity contribution in [3.8, 4) is 0 Å². The van der Waals surface area contributed by atoms with Crippen LogP contribution in [0.5, 0.6) is 0 Å². The van der Waals surface area contributed by atoms with E-state index in [9.17, 15) is 0 Å². The van der Waals surface area contributed by atoms with E-state index < -0.39 is 0 Å². The monoisotopic (exact) mass is 235 g/mol. The van der Waals surface area contributed by atoms with E-state index in [1.54, 1.807) is 0 Å². The van der Waals surface area contributed by atoms with E-state index in [0.29, 0.717) is 12.0 Å². The van der Waals surface area contributed by atoms with Gasteiger partial charge in [0.1, 0.15) is 5.69 Å². The van der Waals surface area contributed by atoms with Crippen molar-refractivity contribution in [3.63, 3.8) is 0 Å². The second kappa shape index (κ2) is 4.69. The average Bonchev–Trinajstić information content (AvgIpc) is 3.00. The number of anilines is 1. The topological polar surface area (TPSA) is 55.3 Å². The van der Waals surface area contributed by atoms with Gasteiger partial charge in [0.25, 0.3) is 0 Å². The van der Waals surface area contributed by atoms with Crippen molar-refractivity contribution in [2.45, 2.75) is 50.5 Å². The molecule has 2 N–H and O–H groups in total. The van der Waals surface area contributed by atoms with E-state index in [1.807, 2.05) is 6.20 Å². The van der Waals surface area contributed by atoms with E-state index in [-0.39, 0.29) is 0 Å². The first kappa shape index (κ1) is 11.1. The van der Waals surface area contributed by atoms with Gasteiger partial charge in [0.2, 0.25) is 0 Å². The Hall–Kier alpha value is -1.03. The SMILES string of the molecule is NC1CCN(c2cnoc2C2CCCC2)CC1. The zero-order valence-corrected chi connectivity index (χ0v) is 10.3. The molecule has 4 nitrogen and oxygen atoms in total. The Morgan fingerprint density at radius 3 is 2.59 bits per heavy atom. The highest BCUT2D eigenvalue weighted by Crippen LogP contribution is 2.39. The molecule has 94 valence electrons. The molecule has 4 heteroatoms. The maximum absolute atomic E-state index is 5.94. The largest absolute Gasteiger partial charge is 0.367 e. The van der Waals surface area contributed by atoms with Crippen LogP contribution < -0.4 is 10.6 Å². The summed E-state index contributed by atoms with van der Waals surface area (Å²) >= 11 is 0. The van der Waals surface area contributed by atoms with Crippen LogP contribution in [-0.2, 0) is 0 Å². The summed E-state index contributed by atoms with van der Waals surface area (Å²) in [6.07, 6.45) is 9.23. The van der Waals surface area contributed by atoms with Crippen LogP contribution >= 0.6 is 0 Å². The number of piperidine rings is 1. The first-order chi connectivity index (χ1) is 8.34. The third kappa shape index (κ3) is 2.18. The summed E-state index contributed by atoms with van der Waals surface area (Å²) in [5.41, 5.74) is 7.17. The summed E-state index contributed by atoms with van der Waals surface area (Å²) in [5, 5.41) is 4.01. The molecule has 1 aromatic heterocycles. The van der Waals surface area contributed by atoms with Crippen LogP contribution in [0, 0.1) is 0 Å². The molecule has 2 aliphatic rings. The molecule has 0 bridgehead atoms. The second-order valence-corrected chi connectivity index (χ2v) is 5.38. The fraction of sp³-hybridized carbons (Fsp3) is 0.769. The summed E-state index contributed by atoms with van der Waals surface area (Å²) < 4.78 is 5.51. The zero-order valence-electron chi connectivity index (χ0n) is 10.3. The van der Waals surface area contributed by atoms with Gasteiger partial charge in [-0.1, -0.05) is 18.0 Å².